The van der Waals surface area contributed by atoms with Crippen LogP contribution in [-0.4, -0.2) is 17.0 Å². The third-order valence-corrected chi connectivity index (χ3v) is 2.21. The summed E-state index contributed by atoms with van der Waals surface area (Å²) in [6.07, 6.45) is 0. The van der Waals surface area contributed by atoms with Crippen LogP contribution < -0.4 is 4.74 Å². The van der Waals surface area contributed by atoms with Gasteiger partial charge < -0.3 is 9.94 Å². The Morgan fingerprint density at radius 3 is 2.44 bits per heavy atom. The van der Waals surface area contributed by atoms with Gasteiger partial charge >= 0.3 is 0 Å². The zero-order valence-corrected chi connectivity index (χ0v) is 12.8. The highest BCUT2D eigenvalue weighted by Gasteiger charge is 2.14. The first-order chi connectivity index (χ1) is 8.42. The molecule has 1 aromatic carbocycles. The minimum absolute atomic E-state index is 0.343. The third kappa shape index (κ3) is 5.36. The van der Waals surface area contributed by atoms with Crippen molar-refractivity contribution in [3.05, 3.63) is 29.5 Å². The molecule has 0 atom stereocenters. The van der Waals surface area contributed by atoms with E-state index in [1.165, 1.54) is 0 Å². The van der Waals surface area contributed by atoms with Gasteiger partial charge in [-0.1, -0.05) is 10.8 Å². The van der Waals surface area contributed by atoms with Gasteiger partial charge in [-0.3, -0.25) is 0 Å². The van der Waals surface area contributed by atoms with Crippen LogP contribution in [0.25, 0.3) is 0 Å². The fraction of sp³-hybridized carbons (Fsp3) is 0.385. The standard InChI is InChI=1S/C13H15IN2O2/c1-13(2,3)15-16(17)11-5-7-12(8-6-11)18-10-4-9-14/h5-8H,10H2,1-3H3. The maximum atomic E-state index is 11.7. The van der Waals surface area contributed by atoms with E-state index in [0.717, 1.165) is 0 Å². The molecule has 0 aromatic heterocycles. The number of halogens is 1. The van der Waals surface area contributed by atoms with E-state index < -0.39 is 5.54 Å². The Morgan fingerprint density at radius 2 is 1.94 bits per heavy atom. The second-order valence-electron chi connectivity index (χ2n) is 4.60. The fourth-order valence-electron chi connectivity index (χ4n) is 1.15. The van der Waals surface area contributed by atoms with Crippen molar-refractivity contribution in [1.82, 2.24) is 0 Å². The van der Waals surface area contributed by atoms with E-state index in [1.54, 1.807) is 24.3 Å². The number of ether oxygens (including phenoxy) is 1. The molecule has 0 heterocycles. The lowest BCUT2D eigenvalue weighted by molar-refractivity contribution is -0.449. The van der Waals surface area contributed by atoms with Crippen molar-refractivity contribution in [2.24, 2.45) is 5.11 Å². The number of hydrogen-bond donors (Lipinski definition) is 0. The van der Waals surface area contributed by atoms with Crippen LogP contribution in [0.1, 0.15) is 20.8 Å². The summed E-state index contributed by atoms with van der Waals surface area (Å²) in [7, 11) is 0. The molecule has 0 amide bonds. The Morgan fingerprint density at radius 1 is 1.33 bits per heavy atom. The minimum atomic E-state index is -0.396. The molecule has 0 radical (unpaired) electrons. The summed E-state index contributed by atoms with van der Waals surface area (Å²) in [6, 6.07) is 6.81. The average Bonchev–Trinajstić information content (AvgIpc) is 2.28. The molecule has 0 bridgehead atoms. The van der Waals surface area contributed by atoms with Crippen LogP contribution in [-0.2, 0) is 0 Å². The van der Waals surface area contributed by atoms with Crippen molar-refractivity contribution in [1.29, 1.82) is 0 Å². The summed E-state index contributed by atoms with van der Waals surface area (Å²) in [5.41, 5.74) is 0.0875. The molecule has 5 heteroatoms. The van der Waals surface area contributed by atoms with Gasteiger partial charge in [-0.2, -0.15) is 0 Å². The molecule has 0 aliphatic carbocycles. The minimum Gasteiger partial charge on any atom is -0.594 e. The van der Waals surface area contributed by atoms with E-state index in [9.17, 15) is 5.21 Å². The quantitative estimate of drug-likeness (QED) is 0.271. The summed E-state index contributed by atoms with van der Waals surface area (Å²) in [5, 5.41) is 15.7. The van der Waals surface area contributed by atoms with Gasteiger partial charge in [0, 0.05) is 34.7 Å². The van der Waals surface area contributed by atoms with Crippen molar-refractivity contribution in [3.8, 4) is 15.6 Å². The second-order valence-corrected chi connectivity index (χ2v) is 5.14. The lowest BCUT2D eigenvalue weighted by Gasteiger charge is -2.09. The molecule has 0 aliphatic heterocycles. The third-order valence-electron chi connectivity index (χ3n) is 1.83. The first kappa shape index (κ1) is 14.8. The molecule has 0 spiro atoms. The van der Waals surface area contributed by atoms with Crippen molar-refractivity contribution >= 4 is 28.3 Å². The zero-order chi connectivity index (χ0) is 13.6. The topological polar surface area (TPSA) is 47.7 Å². The molecule has 1 rings (SSSR count). The normalized spacial score (nSPS) is 11.7. The van der Waals surface area contributed by atoms with Crippen molar-refractivity contribution in [2.45, 2.75) is 26.3 Å². The number of rotatable bonds is 3. The highest BCUT2D eigenvalue weighted by Crippen LogP contribution is 2.19. The molecule has 0 saturated heterocycles. The average molecular weight is 358 g/mol. The smallest absolute Gasteiger partial charge is 0.244 e. The van der Waals surface area contributed by atoms with E-state index in [0.29, 0.717) is 22.9 Å². The maximum absolute atomic E-state index is 11.7. The first-order valence-corrected chi connectivity index (χ1v) is 6.52. The Hall–Kier alpha value is -1.29. The lowest BCUT2D eigenvalue weighted by Crippen LogP contribution is -2.12. The number of hydrogen-bond acceptors (Lipinski definition) is 3. The molecular weight excluding hydrogens is 343 g/mol. The zero-order valence-electron chi connectivity index (χ0n) is 10.6. The predicted octanol–water partition coefficient (Wildman–Crippen LogP) is 3.85. The number of nitrogens with zero attached hydrogens (tertiary/aromatic N) is 2. The molecular formula is C13H15IN2O2. The molecule has 0 aliphatic rings. The summed E-state index contributed by atoms with van der Waals surface area (Å²) in [4.78, 5) is 0.633. The van der Waals surface area contributed by atoms with Crippen LogP contribution in [0.4, 0.5) is 5.69 Å². The van der Waals surface area contributed by atoms with Gasteiger partial charge in [-0.25, -0.2) is 0 Å². The SMILES string of the molecule is CC(C)(C)N=[N+]([O-])c1ccc(OCC#CI)cc1. The van der Waals surface area contributed by atoms with Gasteiger partial charge in [0.25, 0.3) is 0 Å². The largest absolute Gasteiger partial charge is 0.594 e. The Balaban J connectivity index is 2.75. The van der Waals surface area contributed by atoms with E-state index in [4.69, 9.17) is 4.74 Å². The van der Waals surface area contributed by atoms with Crippen LogP contribution in [0.2, 0.25) is 0 Å². The van der Waals surface area contributed by atoms with Gasteiger partial charge in [-0.15, -0.1) is 0 Å². The maximum Gasteiger partial charge on any atom is 0.244 e. The van der Waals surface area contributed by atoms with Crippen LogP contribution in [0.5, 0.6) is 5.75 Å². The van der Waals surface area contributed by atoms with Gasteiger partial charge in [0.15, 0.2) is 0 Å². The predicted molar refractivity (Wildman–Crippen MR) is 79.2 cm³/mol. The first-order valence-electron chi connectivity index (χ1n) is 5.44. The number of azo groups is 1. The second kappa shape index (κ2) is 6.59. The van der Waals surface area contributed by atoms with Crippen molar-refractivity contribution in [2.75, 3.05) is 6.61 Å². The van der Waals surface area contributed by atoms with Gasteiger partial charge in [0.05, 0.1) is 0 Å². The van der Waals surface area contributed by atoms with Crippen LogP contribution in [0, 0.1) is 15.1 Å². The molecule has 4 nitrogen and oxygen atoms in total. The molecule has 18 heavy (non-hydrogen) atoms. The van der Waals surface area contributed by atoms with Gasteiger partial charge in [0.1, 0.15) is 17.9 Å². The molecule has 0 unspecified atom stereocenters. The Labute approximate surface area is 121 Å². The van der Waals surface area contributed by atoms with Crippen LogP contribution >= 0.6 is 22.6 Å². The highest BCUT2D eigenvalue weighted by molar-refractivity contribution is 14.1. The van der Waals surface area contributed by atoms with E-state index in [2.05, 4.69) is 15.0 Å². The lowest BCUT2D eigenvalue weighted by atomic mass is 10.1. The van der Waals surface area contributed by atoms with Crippen LogP contribution in [0.3, 0.4) is 0 Å². The molecule has 0 N–H and O–H groups in total. The monoisotopic (exact) mass is 358 g/mol. The van der Waals surface area contributed by atoms with E-state index in [1.807, 2.05) is 43.4 Å². The number of benzene rings is 1. The molecule has 0 fully saturated rings. The highest BCUT2D eigenvalue weighted by atomic mass is 127. The molecule has 1 aromatic rings. The summed E-state index contributed by atoms with van der Waals surface area (Å²) >= 11 is 1.95. The van der Waals surface area contributed by atoms with Gasteiger partial charge in [0.2, 0.25) is 5.69 Å². The van der Waals surface area contributed by atoms with E-state index >= 15 is 0 Å². The summed E-state index contributed by atoms with van der Waals surface area (Å²) < 4.78 is 8.07. The summed E-state index contributed by atoms with van der Waals surface area (Å²) in [5.74, 6) is 3.47. The fourth-order valence-corrected chi connectivity index (χ4v) is 1.30. The van der Waals surface area contributed by atoms with Gasteiger partial charge in [-0.05, 0) is 41.9 Å². The molecule has 96 valence electrons. The van der Waals surface area contributed by atoms with Crippen molar-refractivity contribution in [3.63, 3.8) is 0 Å². The Bertz CT molecular complexity index is 478. The summed E-state index contributed by atoms with van der Waals surface area (Å²) in [6.45, 7) is 5.96. The van der Waals surface area contributed by atoms with Crippen LogP contribution in [0.15, 0.2) is 29.4 Å². The van der Waals surface area contributed by atoms with Crippen molar-refractivity contribution < 1.29 is 9.60 Å². The van der Waals surface area contributed by atoms with E-state index in [-0.39, 0.29) is 0 Å². The Kier molecular flexibility index (Phi) is 5.41. The molecule has 0 saturated carbocycles.